The smallest absolute Gasteiger partial charge is 0.127 e. The highest BCUT2D eigenvalue weighted by atomic mass is 35.5. The number of piperidine rings is 1. The van der Waals surface area contributed by atoms with E-state index in [1.165, 1.54) is 30.4 Å². The van der Waals surface area contributed by atoms with Gasteiger partial charge in [0, 0.05) is 35.5 Å². The number of alkyl halides is 1. The van der Waals surface area contributed by atoms with Crippen molar-refractivity contribution in [3.8, 4) is 5.75 Å². The summed E-state index contributed by atoms with van der Waals surface area (Å²) in [4.78, 5) is 2.48. The molecule has 1 saturated heterocycles. The summed E-state index contributed by atoms with van der Waals surface area (Å²) < 4.78 is 5.78. The van der Waals surface area contributed by atoms with Crippen molar-refractivity contribution in [2.24, 2.45) is 0 Å². The van der Waals surface area contributed by atoms with Crippen molar-refractivity contribution < 1.29 is 4.74 Å². The summed E-state index contributed by atoms with van der Waals surface area (Å²) in [6, 6.07) is 4.57. The molecule has 0 radical (unpaired) electrons. The molecule has 2 aliphatic rings. The third kappa shape index (κ3) is 2.86. The van der Waals surface area contributed by atoms with Crippen molar-refractivity contribution in [2.75, 3.05) is 19.0 Å². The topological polar surface area (TPSA) is 12.5 Å². The molecule has 0 bridgehead atoms. The zero-order valence-corrected chi connectivity index (χ0v) is 12.5. The summed E-state index contributed by atoms with van der Waals surface area (Å²) in [5, 5.41) is 0.818. The molecule has 3 rings (SSSR count). The van der Waals surface area contributed by atoms with Gasteiger partial charge >= 0.3 is 0 Å². The number of rotatable bonds is 3. The van der Waals surface area contributed by atoms with E-state index in [0.717, 1.165) is 36.9 Å². The van der Waals surface area contributed by atoms with Gasteiger partial charge in [-0.15, -0.1) is 11.6 Å². The highest BCUT2D eigenvalue weighted by Gasteiger charge is 2.24. The SMILES string of the molecule is ClCC1CCCCN1Cc1cc(Cl)cc2c1OCC2. The van der Waals surface area contributed by atoms with Gasteiger partial charge in [-0.2, -0.15) is 0 Å². The minimum absolute atomic E-state index is 0.492. The van der Waals surface area contributed by atoms with Crippen molar-refractivity contribution >= 4 is 23.2 Å². The minimum atomic E-state index is 0.492. The van der Waals surface area contributed by atoms with Gasteiger partial charge in [-0.25, -0.2) is 0 Å². The van der Waals surface area contributed by atoms with E-state index in [1.807, 2.05) is 12.1 Å². The van der Waals surface area contributed by atoms with Gasteiger partial charge in [-0.1, -0.05) is 18.0 Å². The summed E-state index contributed by atoms with van der Waals surface area (Å²) in [5.41, 5.74) is 2.47. The molecule has 1 aromatic rings. The predicted molar refractivity (Wildman–Crippen MR) is 79.4 cm³/mol. The number of hydrogen-bond donors (Lipinski definition) is 0. The number of hydrogen-bond acceptors (Lipinski definition) is 2. The standard InChI is InChI=1S/C15H19Cl2NO/c16-9-14-3-1-2-5-18(14)10-12-8-13(17)7-11-4-6-19-15(11)12/h7-8,14H,1-6,9-10H2. The molecule has 0 aliphatic carbocycles. The van der Waals surface area contributed by atoms with Gasteiger partial charge in [0.1, 0.15) is 5.75 Å². The van der Waals surface area contributed by atoms with Crippen LogP contribution in [0.1, 0.15) is 30.4 Å². The molecule has 2 aliphatic heterocycles. The maximum absolute atomic E-state index is 6.22. The van der Waals surface area contributed by atoms with Crippen LogP contribution < -0.4 is 4.74 Å². The van der Waals surface area contributed by atoms with E-state index in [-0.39, 0.29) is 0 Å². The maximum Gasteiger partial charge on any atom is 0.127 e. The van der Waals surface area contributed by atoms with Crippen molar-refractivity contribution in [3.63, 3.8) is 0 Å². The molecular weight excluding hydrogens is 281 g/mol. The van der Waals surface area contributed by atoms with Gasteiger partial charge in [0.25, 0.3) is 0 Å². The highest BCUT2D eigenvalue weighted by Crippen LogP contribution is 2.34. The van der Waals surface area contributed by atoms with Crippen LogP contribution in [0.15, 0.2) is 12.1 Å². The van der Waals surface area contributed by atoms with Gasteiger partial charge in [-0.3, -0.25) is 4.90 Å². The summed E-state index contributed by atoms with van der Waals surface area (Å²) in [6.45, 7) is 2.81. The van der Waals surface area contributed by atoms with Crippen LogP contribution in [0.3, 0.4) is 0 Å². The lowest BCUT2D eigenvalue weighted by molar-refractivity contribution is 0.153. The van der Waals surface area contributed by atoms with Gasteiger partial charge in [0.15, 0.2) is 0 Å². The van der Waals surface area contributed by atoms with E-state index in [1.54, 1.807) is 0 Å². The van der Waals surface area contributed by atoms with Crippen LogP contribution in [0.4, 0.5) is 0 Å². The second-order valence-electron chi connectivity index (χ2n) is 5.43. The largest absolute Gasteiger partial charge is 0.493 e. The molecule has 4 heteroatoms. The Labute approximate surface area is 124 Å². The Morgan fingerprint density at radius 1 is 1.32 bits per heavy atom. The van der Waals surface area contributed by atoms with E-state index in [9.17, 15) is 0 Å². The van der Waals surface area contributed by atoms with Crippen LogP contribution in [0.2, 0.25) is 5.02 Å². The average molecular weight is 300 g/mol. The lowest BCUT2D eigenvalue weighted by Gasteiger charge is -2.34. The molecule has 0 amide bonds. The first-order valence-electron chi connectivity index (χ1n) is 7.02. The van der Waals surface area contributed by atoms with Crippen LogP contribution in [-0.4, -0.2) is 30.0 Å². The van der Waals surface area contributed by atoms with E-state index < -0.39 is 0 Å². The minimum Gasteiger partial charge on any atom is -0.493 e. The Morgan fingerprint density at radius 3 is 3.05 bits per heavy atom. The Hall–Kier alpha value is -0.440. The summed E-state index contributed by atoms with van der Waals surface area (Å²) in [7, 11) is 0. The molecule has 2 nitrogen and oxygen atoms in total. The first-order valence-corrected chi connectivity index (χ1v) is 7.93. The molecule has 0 saturated carbocycles. The van der Waals surface area contributed by atoms with Crippen LogP contribution in [-0.2, 0) is 13.0 Å². The first kappa shape index (κ1) is 13.5. The summed E-state index contributed by atoms with van der Waals surface area (Å²) in [5.74, 6) is 1.77. The lowest BCUT2D eigenvalue weighted by atomic mass is 10.0. The molecule has 104 valence electrons. The molecule has 2 heterocycles. The molecule has 0 spiro atoms. The van der Waals surface area contributed by atoms with Crippen molar-refractivity contribution in [3.05, 3.63) is 28.3 Å². The second kappa shape index (κ2) is 5.90. The number of fused-ring (bicyclic) bond motifs is 1. The number of ether oxygens (including phenoxy) is 1. The van der Waals surface area contributed by atoms with Crippen molar-refractivity contribution in [1.82, 2.24) is 4.90 Å². The zero-order chi connectivity index (χ0) is 13.2. The summed E-state index contributed by atoms with van der Waals surface area (Å²) in [6.07, 6.45) is 4.73. The highest BCUT2D eigenvalue weighted by molar-refractivity contribution is 6.30. The van der Waals surface area contributed by atoms with Crippen molar-refractivity contribution in [1.29, 1.82) is 0 Å². The zero-order valence-electron chi connectivity index (χ0n) is 11.0. The van der Waals surface area contributed by atoms with E-state index >= 15 is 0 Å². The quantitative estimate of drug-likeness (QED) is 0.786. The average Bonchev–Trinajstić information content (AvgIpc) is 2.87. The molecule has 1 unspecified atom stereocenters. The molecule has 19 heavy (non-hydrogen) atoms. The number of nitrogens with zero attached hydrogens (tertiary/aromatic N) is 1. The molecule has 1 aromatic carbocycles. The molecule has 0 aromatic heterocycles. The van der Waals surface area contributed by atoms with Gasteiger partial charge in [-0.05, 0) is 37.1 Å². The third-order valence-electron chi connectivity index (χ3n) is 4.13. The number of likely N-dealkylation sites (tertiary alicyclic amines) is 1. The number of halogens is 2. The predicted octanol–water partition coefficient (Wildman–Crippen LogP) is 3.87. The molecule has 1 atom stereocenters. The monoisotopic (exact) mass is 299 g/mol. The fraction of sp³-hybridized carbons (Fsp3) is 0.600. The molecule has 0 N–H and O–H groups in total. The Balaban J connectivity index is 1.82. The maximum atomic E-state index is 6.22. The van der Waals surface area contributed by atoms with E-state index in [4.69, 9.17) is 27.9 Å². The van der Waals surface area contributed by atoms with Gasteiger partial charge in [0.05, 0.1) is 6.61 Å². The summed E-state index contributed by atoms with van der Waals surface area (Å²) >= 11 is 12.3. The normalized spacial score (nSPS) is 23.2. The van der Waals surface area contributed by atoms with Gasteiger partial charge < -0.3 is 4.74 Å². The van der Waals surface area contributed by atoms with Crippen molar-refractivity contribution in [2.45, 2.75) is 38.3 Å². The fourth-order valence-corrected chi connectivity index (χ4v) is 3.74. The van der Waals surface area contributed by atoms with E-state index in [0.29, 0.717) is 11.9 Å². The Kier molecular flexibility index (Phi) is 4.21. The van der Waals surface area contributed by atoms with Crippen LogP contribution in [0.5, 0.6) is 5.75 Å². The molecule has 1 fully saturated rings. The Bertz CT molecular complexity index is 464. The van der Waals surface area contributed by atoms with Crippen LogP contribution in [0, 0.1) is 0 Å². The molecular formula is C15H19Cl2NO. The van der Waals surface area contributed by atoms with Gasteiger partial charge in [0.2, 0.25) is 0 Å². The number of benzene rings is 1. The fourth-order valence-electron chi connectivity index (χ4n) is 3.13. The third-order valence-corrected chi connectivity index (χ3v) is 4.70. The second-order valence-corrected chi connectivity index (χ2v) is 6.17. The van der Waals surface area contributed by atoms with E-state index in [2.05, 4.69) is 4.90 Å². The Morgan fingerprint density at radius 2 is 2.21 bits per heavy atom. The van der Waals surface area contributed by atoms with Crippen LogP contribution >= 0.6 is 23.2 Å². The first-order chi connectivity index (χ1) is 9.28. The lowest BCUT2D eigenvalue weighted by Crippen LogP contribution is -2.40. The van der Waals surface area contributed by atoms with Crippen LogP contribution in [0.25, 0.3) is 0 Å².